The Hall–Kier alpha value is -2.81. The highest BCUT2D eigenvalue weighted by atomic mass is 79.9. The lowest BCUT2D eigenvalue weighted by atomic mass is 10.1. The summed E-state index contributed by atoms with van der Waals surface area (Å²) in [6, 6.07) is 10.2. The first kappa shape index (κ1) is 21.4. The van der Waals surface area contributed by atoms with E-state index in [9.17, 15) is 18.0 Å². The van der Waals surface area contributed by atoms with Crippen molar-refractivity contribution in [3.8, 4) is 0 Å². The van der Waals surface area contributed by atoms with Gasteiger partial charge in [-0.2, -0.15) is 13.2 Å². The molecule has 2 heterocycles. The van der Waals surface area contributed by atoms with E-state index in [4.69, 9.17) is 10.2 Å². The highest BCUT2D eigenvalue weighted by Gasteiger charge is 2.31. The van der Waals surface area contributed by atoms with Gasteiger partial charge in [-0.25, -0.2) is 4.99 Å². The Kier molecular flexibility index (Phi) is 5.79. The van der Waals surface area contributed by atoms with Crippen LogP contribution in [-0.4, -0.2) is 19.0 Å². The molecule has 31 heavy (non-hydrogen) atoms. The molecule has 1 aliphatic heterocycles. The molecule has 9 heteroatoms. The van der Waals surface area contributed by atoms with Crippen molar-refractivity contribution in [3.63, 3.8) is 0 Å². The first-order chi connectivity index (χ1) is 14.7. The molecule has 2 aromatic carbocycles. The first-order valence-electron chi connectivity index (χ1n) is 9.76. The Labute approximate surface area is 184 Å². The number of amides is 1. The summed E-state index contributed by atoms with van der Waals surface area (Å²) in [5.41, 5.74) is 5.64. The second-order valence-electron chi connectivity index (χ2n) is 7.37. The van der Waals surface area contributed by atoms with Crippen LogP contribution in [0.4, 0.5) is 24.5 Å². The number of nitrogens with zero attached hydrogens (tertiary/aromatic N) is 2. The molecule has 0 atom stereocenters. The van der Waals surface area contributed by atoms with Gasteiger partial charge in [0.2, 0.25) is 5.55 Å². The molecule has 1 aromatic heterocycles. The predicted molar refractivity (Wildman–Crippen MR) is 115 cm³/mol. The van der Waals surface area contributed by atoms with Gasteiger partial charge < -0.3 is 15.1 Å². The molecule has 0 radical (unpaired) electrons. The zero-order chi connectivity index (χ0) is 22.2. The summed E-state index contributed by atoms with van der Waals surface area (Å²) in [6.07, 6.45) is -1.56. The van der Waals surface area contributed by atoms with Crippen LogP contribution >= 0.6 is 15.9 Å². The minimum atomic E-state index is -4.52. The van der Waals surface area contributed by atoms with Crippen LogP contribution in [0.2, 0.25) is 0 Å². The zero-order valence-electron chi connectivity index (χ0n) is 16.4. The minimum absolute atomic E-state index is 0.00685. The number of hydrogen-bond acceptors (Lipinski definition) is 4. The molecule has 162 valence electrons. The molecule has 4 rings (SSSR count). The van der Waals surface area contributed by atoms with Crippen molar-refractivity contribution >= 4 is 44.2 Å². The molecule has 1 aliphatic rings. The zero-order valence-corrected chi connectivity index (χ0v) is 18.0. The number of anilines is 1. The third-order valence-corrected chi connectivity index (χ3v) is 5.69. The van der Waals surface area contributed by atoms with Crippen LogP contribution in [0.3, 0.4) is 0 Å². The largest absolute Gasteiger partial charge is 0.438 e. The summed E-state index contributed by atoms with van der Waals surface area (Å²) >= 11 is 3.35. The normalized spacial score (nSPS) is 15.5. The predicted octanol–water partition coefficient (Wildman–Crippen LogP) is 5.54. The van der Waals surface area contributed by atoms with Crippen molar-refractivity contribution < 1.29 is 22.4 Å². The second kappa shape index (κ2) is 8.37. The van der Waals surface area contributed by atoms with Crippen LogP contribution in [-0.2, 0) is 6.18 Å². The fourth-order valence-corrected chi connectivity index (χ4v) is 4.04. The van der Waals surface area contributed by atoms with E-state index in [1.165, 1.54) is 12.1 Å². The average molecular weight is 494 g/mol. The van der Waals surface area contributed by atoms with Crippen molar-refractivity contribution in [1.82, 2.24) is 0 Å². The van der Waals surface area contributed by atoms with Gasteiger partial charge in [-0.15, -0.1) is 0 Å². The Morgan fingerprint density at radius 2 is 1.81 bits per heavy atom. The van der Waals surface area contributed by atoms with Gasteiger partial charge in [-0.3, -0.25) is 4.79 Å². The van der Waals surface area contributed by atoms with Crippen LogP contribution in [0.15, 0.2) is 56.3 Å². The van der Waals surface area contributed by atoms with E-state index in [1.54, 1.807) is 18.2 Å². The van der Waals surface area contributed by atoms with Gasteiger partial charge in [0.15, 0.2) is 0 Å². The van der Waals surface area contributed by atoms with Crippen molar-refractivity contribution in [2.24, 2.45) is 10.7 Å². The van der Waals surface area contributed by atoms with E-state index in [0.29, 0.717) is 16.7 Å². The minimum Gasteiger partial charge on any atom is -0.438 e. The fourth-order valence-electron chi connectivity index (χ4n) is 3.66. The van der Waals surface area contributed by atoms with Gasteiger partial charge in [0.05, 0.1) is 16.9 Å². The average Bonchev–Trinajstić information content (AvgIpc) is 2.73. The first-order valence-corrected chi connectivity index (χ1v) is 10.6. The van der Waals surface area contributed by atoms with E-state index in [1.807, 2.05) is 4.90 Å². The number of halogens is 4. The van der Waals surface area contributed by atoms with Crippen LogP contribution in [0.25, 0.3) is 11.0 Å². The number of fused-ring (bicyclic) bond motifs is 1. The molecular weight excluding hydrogens is 475 g/mol. The monoisotopic (exact) mass is 493 g/mol. The fraction of sp³-hybridized carbons (Fsp3) is 0.273. The number of rotatable bonds is 3. The molecule has 1 fully saturated rings. The molecule has 2 N–H and O–H groups in total. The highest BCUT2D eigenvalue weighted by Crippen LogP contribution is 2.37. The summed E-state index contributed by atoms with van der Waals surface area (Å²) in [6.45, 7) is 1.44. The Balaban J connectivity index is 1.95. The maximum atomic E-state index is 13.4. The van der Waals surface area contributed by atoms with Gasteiger partial charge in [-0.1, -0.05) is 15.9 Å². The third kappa shape index (κ3) is 4.61. The quantitative estimate of drug-likeness (QED) is 0.520. The number of nitrogens with two attached hydrogens (primary N) is 1. The van der Waals surface area contributed by atoms with Crippen molar-refractivity contribution in [3.05, 3.63) is 63.6 Å². The number of hydrogen-bond donors (Lipinski definition) is 1. The Morgan fingerprint density at radius 1 is 1.06 bits per heavy atom. The van der Waals surface area contributed by atoms with Gasteiger partial charge >= 0.3 is 6.18 Å². The molecule has 0 aliphatic carbocycles. The molecule has 0 unspecified atom stereocenters. The van der Waals surface area contributed by atoms with Crippen molar-refractivity contribution in [2.75, 3.05) is 18.0 Å². The van der Waals surface area contributed by atoms with Gasteiger partial charge in [-0.05, 0) is 61.7 Å². The van der Waals surface area contributed by atoms with Gasteiger partial charge in [0, 0.05) is 22.9 Å². The van der Waals surface area contributed by atoms with Crippen molar-refractivity contribution in [1.29, 1.82) is 0 Å². The lowest BCUT2D eigenvalue weighted by Crippen LogP contribution is -2.29. The van der Waals surface area contributed by atoms with Crippen LogP contribution in [0.5, 0.6) is 0 Å². The van der Waals surface area contributed by atoms with E-state index in [-0.39, 0.29) is 16.8 Å². The topological polar surface area (TPSA) is 71.8 Å². The molecule has 3 aromatic rings. The van der Waals surface area contributed by atoms with Crippen molar-refractivity contribution in [2.45, 2.75) is 25.4 Å². The standard InChI is InChI=1S/C22H19BrF3N3O2/c23-15-5-7-19-13(10-15)11-16(20(27)30)21(31-19)28-17-12-14(22(24,25)26)4-6-18(17)29-8-2-1-3-9-29/h4-7,10-12H,1-3,8-9H2,(H2,27,30). The molecule has 0 saturated carbocycles. The third-order valence-electron chi connectivity index (χ3n) is 5.20. The summed E-state index contributed by atoms with van der Waals surface area (Å²) in [4.78, 5) is 18.4. The number of piperidine rings is 1. The Bertz CT molecular complexity index is 1210. The molecule has 0 bridgehead atoms. The Morgan fingerprint density at radius 3 is 2.48 bits per heavy atom. The van der Waals surface area contributed by atoms with E-state index in [2.05, 4.69) is 20.9 Å². The number of alkyl halides is 3. The number of primary amides is 1. The summed E-state index contributed by atoms with van der Waals surface area (Å²) < 4.78 is 46.7. The summed E-state index contributed by atoms with van der Waals surface area (Å²) in [5.74, 6) is -0.782. The van der Waals surface area contributed by atoms with Gasteiger partial charge in [0.1, 0.15) is 11.1 Å². The van der Waals surface area contributed by atoms with E-state index < -0.39 is 17.6 Å². The van der Waals surface area contributed by atoms with Crippen LogP contribution in [0, 0.1) is 0 Å². The number of carbonyl (C=O) groups is 1. The lowest BCUT2D eigenvalue weighted by molar-refractivity contribution is -0.137. The second-order valence-corrected chi connectivity index (χ2v) is 8.29. The maximum absolute atomic E-state index is 13.4. The van der Waals surface area contributed by atoms with E-state index in [0.717, 1.165) is 49.0 Å². The SMILES string of the molecule is NC(=O)c1cc2cc(Br)ccc2oc1=Nc1cc(C(F)(F)F)ccc1N1CCCCC1. The number of carbonyl (C=O) groups excluding carboxylic acids is 1. The number of benzene rings is 2. The molecule has 5 nitrogen and oxygen atoms in total. The molecule has 1 amide bonds. The molecular formula is C22H19BrF3N3O2. The molecule has 0 spiro atoms. The molecule has 1 saturated heterocycles. The lowest BCUT2D eigenvalue weighted by Gasteiger charge is -2.30. The summed E-state index contributed by atoms with van der Waals surface area (Å²) in [5, 5.41) is 0.613. The van der Waals surface area contributed by atoms with Gasteiger partial charge in [0.25, 0.3) is 5.91 Å². The van der Waals surface area contributed by atoms with E-state index >= 15 is 0 Å². The van der Waals surface area contributed by atoms with Crippen LogP contribution in [0.1, 0.15) is 35.2 Å². The smallest absolute Gasteiger partial charge is 0.416 e. The highest BCUT2D eigenvalue weighted by molar-refractivity contribution is 9.10. The van der Waals surface area contributed by atoms with Crippen LogP contribution < -0.4 is 16.2 Å². The maximum Gasteiger partial charge on any atom is 0.416 e. The summed E-state index contributed by atoms with van der Waals surface area (Å²) in [7, 11) is 0.